The predicted octanol–water partition coefficient (Wildman–Crippen LogP) is 4.02. The third kappa shape index (κ3) is 3.03. The van der Waals surface area contributed by atoms with Crippen LogP contribution in [0, 0.1) is 13.8 Å². The molecule has 0 fully saturated rings. The minimum absolute atomic E-state index is 0. The van der Waals surface area contributed by atoms with Crippen molar-refractivity contribution < 1.29 is 0 Å². The Morgan fingerprint density at radius 2 is 1.95 bits per heavy atom. The highest BCUT2D eigenvalue weighted by Crippen LogP contribution is 2.25. The molecule has 22 heavy (non-hydrogen) atoms. The monoisotopic (exact) mass is 336 g/mol. The van der Waals surface area contributed by atoms with Crippen LogP contribution in [0.25, 0.3) is 11.3 Å². The molecular formula is C16H18Cl2N4. The zero-order chi connectivity index (χ0) is 15.0. The van der Waals surface area contributed by atoms with E-state index in [2.05, 4.69) is 25.2 Å². The lowest BCUT2D eigenvalue weighted by molar-refractivity contribution is 0.683. The quantitative estimate of drug-likeness (QED) is 0.723. The van der Waals surface area contributed by atoms with Crippen LogP contribution < -0.4 is 0 Å². The molecule has 6 heteroatoms. The molecule has 0 radical (unpaired) electrons. The zero-order valence-electron chi connectivity index (χ0n) is 12.7. The predicted molar refractivity (Wildman–Crippen MR) is 91.7 cm³/mol. The molecule has 0 aliphatic rings. The molecule has 0 unspecified atom stereocenters. The second-order valence-corrected chi connectivity index (χ2v) is 5.59. The third-order valence-corrected chi connectivity index (χ3v) is 4.20. The first kappa shape index (κ1) is 16.6. The topological polar surface area (TPSA) is 35.6 Å². The molecular weight excluding hydrogens is 319 g/mol. The maximum atomic E-state index is 6.09. The number of imidazole rings is 2. The van der Waals surface area contributed by atoms with Gasteiger partial charge in [0.2, 0.25) is 0 Å². The van der Waals surface area contributed by atoms with Crippen molar-refractivity contribution in [2.45, 2.75) is 20.4 Å². The zero-order valence-corrected chi connectivity index (χ0v) is 14.3. The Morgan fingerprint density at radius 1 is 1.18 bits per heavy atom. The summed E-state index contributed by atoms with van der Waals surface area (Å²) in [6.07, 6.45) is 5.68. The average Bonchev–Trinajstić information content (AvgIpc) is 3.02. The summed E-state index contributed by atoms with van der Waals surface area (Å²) in [5, 5.41) is 0.787. The van der Waals surface area contributed by atoms with Gasteiger partial charge in [0.25, 0.3) is 0 Å². The molecule has 116 valence electrons. The average molecular weight is 337 g/mol. The lowest BCUT2D eigenvalue weighted by Gasteiger charge is -2.09. The Bertz CT molecular complexity index is 789. The van der Waals surface area contributed by atoms with Gasteiger partial charge in [-0.25, -0.2) is 9.97 Å². The second-order valence-electron chi connectivity index (χ2n) is 5.19. The van der Waals surface area contributed by atoms with Crippen molar-refractivity contribution in [2.75, 3.05) is 0 Å². The van der Waals surface area contributed by atoms with Gasteiger partial charge in [-0.1, -0.05) is 17.7 Å². The Kier molecular flexibility index (Phi) is 4.94. The van der Waals surface area contributed by atoms with E-state index < -0.39 is 0 Å². The van der Waals surface area contributed by atoms with Gasteiger partial charge in [-0.15, -0.1) is 12.4 Å². The fourth-order valence-corrected chi connectivity index (χ4v) is 2.51. The Hall–Kier alpha value is -1.78. The van der Waals surface area contributed by atoms with Gasteiger partial charge in [0, 0.05) is 30.0 Å². The van der Waals surface area contributed by atoms with Crippen molar-refractivity contribution in [3.8, 4) is 11.3 Å². The SMILES string of the molecule is Cc1cc(-c2cnc(Cn3ccnc3C)n2C)ccc1Cl.Cl. The van der Waals surface area contributed by atoms with Crippen molar-refractivity contribution in [1.82, 2.24) is 19.1 Å². The first-order valence-electron chi connectivity index (χ1n) is 6.81. The van der Waals surface area contributed by atoms with E-state index in [-0.39, 0.29) is 12.4 Å². The summed E-state index contributed by atoms with van der Waals surface area (Å²) in [6, 6.07) is 6.04. The molecule has 0 saturated heterocycles. The maximum absolute atomic E-state index is 6.09. The molecule has 4 nitrogen and oxygen atoms in total. The Morgan fingerprint density at radius 3 is 2.59 bits per heavy atom. The number of hydrogen-bond acceptors (Lipinski definition) is 2. The summed E-state index contributed by atoms with van der Waals surface area (Å²) in [5.41, 5.74) is 3.28. The van der Waals surface area contributed by atoms with Crippen molar-refractivity contribution in [2.24, 2.45) is 7.05 Å². The number of aryl methyl sites for hydroxylation is 2. The van der Waals surface area contributed by atoms with Gasteiger partial charge < -0.3 is 9.13 Å². The van der Waals surface area contributed by atoms with Gasteiger partial charge in [-0.2, -0.15) is 0 Å². The fourth-order valence-electron chi connectivity index (χ4n) is 2.39. The first-order valence-corrected chi connectivity index (χ1v) is 7.19. The molecule has 0 saturated carbocycles. The van der Waals surface area contributed by atoms with Gasteiger partial charge in [-0.05, 0) is 31.5 Å². The van der Waals surface area contributed by atoms with Crippen molar-refractivity contribution in [3.63, 3.8) is 0 Å². The molecule has 0 N–H and O–H groups in total. The summed E-state index contributed by atoms with van der Waals surface area (Å²) in [7, 11) is 2.04. The molecule has 0 bridgehead atoms. The normalized spacial score (nSPS) is 10.5. The number of benzene rings is 1. The van der Waals surface area contributed by atoms with E-state index >= 15 is 0 Å². The van der Waals surface area contributed by atoms with E-state index in [0.29, 0.717) is 0 Å². The summed E-state index contributed by atoms with van der Waals surface area (Å²) in [6.45, 7) is 4.72. The van der Waals surface area contributed by atoms with Gasteiger partial charge in [-0.3, -0.25) is 0 Å². The minimum Gasteiger partial charge on any atom is -0.330 e. The number of rotatable bonds is 3. The number of halogens is 2. The molecule has 2 aromatic heterocycles. The third-order valence-electron chi connectivity index (χ3n) is 3.77. The van der Waals surface area contributed by atoms with Gasteiger partial charge >= 0.3 is 0 Å². The molecule has 3 aromatic rings. The van der Waals surface area contributed by atoms with Gasteiger partial charge in [0.05, 0.1) is 18.4 Å². The highest BCUT2D eigenvalue weighted by atomic mass is 35.5. The molecule has 1 aromatic carbocycles. The van der Waals surface area contributed by atoms with Crippen LogP contribution in [0.4, 0.5) is 0 Å². The Labute approximate surface area is 141 Å². The molecule has 0 aliphatic carbocycles. The summed E-state index contributed by atoms with van der Waals surface area (Å²) in [4.78, 5) is 8.78. The first-order chi connectivity index (χ1) is 10.1. The largest absolute Gasteiger partial charge is 0.330 e. The molecule has 0 amide bonds. The standard InChI is InChI=1S/C16H17ClN4.ClH/c1-11-8-13(4-5-14(11)17)15-9-19-16(20(15)3)10-21-7-6-18-12(21)2;/h4-9H,10H2,1-3H3;1H. The number of aromatic nitrogens is 4. The highest BCUT2D eigenvalue weighted by Gasteiger charge is 2.10. The highest BCUT2D eigenvalue weighted by molar-refractivity contribution is 6.31. The second kappa shape index (κ2) is 6.55. The van der Waals surface area contributed by atoms with E-state index in [9.17, 15) is 0 Å². The van der Waals surface area contributed by atoms with Crippen molar-refractivity contribution in [3.05, 3.63) is 59.0 Å². The van der Waals surface area contributed by atoms with Crippen LogP contribution in [0.15, 0.2) is 36.8 Å². The van der Waals surface area contributed by atoms with E-state index in [1.807, 2.05) is 51.6 Å². The molecule has 3 rings (SSSR count). The fraction of sp³-hybridized carbons (Fsp3) is 0.250. The number of hydrogen-bond donors (Lipinski definition) is 0. The van der Waals surface area contributed by atoms with Gasteiger partial charge in [0.1, 0.15) is 11.6 Å². The van der Waals surface area contributed by atoms with E-state index in [1.54, 1.807) is 0 Å². The molecule has 0 aliphatic heterocycles. The molecule has 0 atom stereocenters. The van der Waals surface area contributed by atoms with Crippen LogP contribution in [0.2, 0.25) is 5.02 Å². The Balaban J connectivity index is 0.00000176. The molecule has 0 spiro atoms. The lowest BCUT2D eigenvalue weighted by Crippen LogP contribution is -2.07. The summed E-state index contributed by atoms with van der Waals surface area (Å²) >= 11 is 6.09. The van der Waals surface area contributed by atoms with Crippen LogP contribution in [0.5, 0.6) is 0 Å². The van der Waals surface area contributed by atoms with Crippen LogP contribution in [0.3, 0.4) is 0 Å². The van der Waals surface area contributed by atoms with Gasteiger partial charge in [0.15, 0.2) is 0 Å². The van der Waals surface area contributed by atoms with Crippen LogP contribution in [-0.2, 0) is 13.6 Å². The van der Waals surface area contributed by atoms with Crippen LogP contribution >= 0.6 is 24.0 Å². The lowest BCUT2D eigenvalue weighted by atomic mass is 10.1. The van der Waals surface area contributed by atoms with Crippen LogP contribution in [-0.4, -0.2) is 19.1 Å². The summed E-state index contributed by atoms with van der Waals surface area (Å²) < 4.78 is 4.20. The smallest absolute Gasteiger partial charge is 0.128 e. The van der Waals surface area contributed by atoms with E-state index in [4.69, 9.17) is 11.6 Å². The van der Waals surface area contributed by atoms with E-state index in [0.717, 1.165) is 40.0 Å². The van der Waals surface area contributed by atoms with Crippen molar-refractivity contribution >= 4 is 24.0 Å². The minimum atomic E-state index is 0. The van der Waals surface area contributed by atoms with Crippen LogP contribution in [0.1, 0.15) is 17.2 Å². The van der Waals surface area contributed by atoms with Crippen molar-refractivity contribution in [1.29, 1.82) is 0 Å². The maximum Gasteiger partial charge on any atom is 0.128 e. The molecule has 2 heterocycles. The summed E-state index contributed by atoms with van der Waals surface area (Å²) in [5.74, 6) is 1.99. The number of nitrogens with zero attached hydrogens (tertiary/aromatic N) is 4. The van der Waals surface area contributed by atoms with E-state index in [1.165, 1.54) is 0 Å².